The summed E-state index contributed by atoms with van der Waals surface area (Å²) in [5.41, 5.74) is 0.0625. The van der Waals surface area contributed by atoms with E-state index < -0.39 is 11.0 Å². The molecule has 1 aliphatic heterocycles. The molecular formula is C21H34N4O3. The van der Waals surface area contributed by atoms with Crippen molar-refractivity contribution in [1.29, 1.82) is 0 Å². The van der Waals surface area contributed by atoms with E-state index in [9.17, 15) is 14.7 Å². The minimum atomic E-state index is -0.855. The first-order valence-corrected chi connectivity index (χ1v) is 10.4. The number of nitrogens with zero attached hydrogens (tertiary/aromatic N) is 2. The number of nitrogens with one attached hydrogen (secondary N) is 2. The maximum atomic E-state index is 13.5. The van der Waals surface area contributed by atoms with Crippen LogP contribution in [-0.4, -0.2) is 56.2 Å². The highest BCUT2D eigenvalue weighted by Crippen LogP contribution is 2.53. The molecule has 0 radical (unpaired) electrons. The first-order chi connectivity index (χ1) is 13.1. The van der Waals surface area contributed by atoms with Gasteiger partial charge in [0, 0.05) is 30.6 Å². The van der Waals surface area contributed by atoms with Gasteiger partial charge in [0.2, 0.25) is 5.91 Å². The predicted molar refractivity (Wildman–Crippen MR) is 107 cm³/mol. The maximum absolute atomic E-state index is 13.5. The number of aromatic nitrogens is 2. The maximum Gasteiger partial charge on any atom is 0.274 e. The minimum Gasteiger partial charge on any atom is -0.390 e. The molecule has 0 unspecified atom stereocenters. The summed E-state index contributed by atoms with van der Waals surface area (Å²) in [4.78, 5) is 26.9. The monoisotopic (exact) mass is 390 g/mol. The molecule has 3 N–H and O–H groups in total. The lowest BCUT2D eigenvalue weighted by Gasteiger charge is -2.43. The van der Waals surface area contributed by atoms with Crippen LogP contribution in [0.2, 0.25) is 0 Å². The molecule has 2 heterocycles. The molecule has 1 saturated heterocycles. The van der Waals surface area contributed by atoms with Crippen LogP contribution in [0.5, 0.6) is 0 Å². The predicted octanol–water partition coefficient (Wildman–Crippen LogP) is 2.58. The van der Waals surface area contributed by atoms with E-state index in [1.54, 1.807) is 0 Å². The van der Waals surface area contributed by atoms with Crippen molar-refractivity contribution in [3.63, 3.8) is 0 Å². The number of carbonyl (C=O) groups is 2. The average molecular weight is 391 g/mol. The summed E-state index contributed by atoms with van der Waals surface area (Å²) in [5, 5.41) is 21.4. The molecule has 3 rings (SSSR count). The molecule has 7 nitrogen and oxygen atoms in total. The van der Waals surface area contributed by atoms with Gasteiger partial charge in [0.15, 0.2) is 0 Å². The summed E-state index contributed by atoms with van der Waals surface area (Å²) >= 11 is 0. The van der Waals surface area contributed by atoms with Crippen LogP contribution >= 0.6 is 0 Å². The van der Waals surface area contributed by atoms with Gasteiger partial charge in [0.1, 0.15) is 5.69 Å². The van der Waals surface area contributed by atoms with E-state index in [2.05, 4.69) is 36.3 Å². The molecular weight excluding hydrogens is 356 g/mol. The van der Waals surface area contributed by atoms with E-state index in [0.29, 0.717) is 18.7 Å². The fourth-order valence-electron chi connectivity index (χ4n) is 5.03. The topological polar surface area (TPSA) is 98.3 Å². The van der Waals surface area contributed by atoms with Gasteiger partial charge in [-0.3, -0.25) is 14.7 Å². The van der Waals surface area contributed by atoms with Crippen molar-refractivity contribution < 1.29 is 14.7 Å². The summed E-state index contributed by atoms with van der Waals surface area (Å²) < 4.78 is 0. The highest BCUT2D eigenvalue weighted by atomic mass is 16.3. The van der Waals surface area contributed by atoms with Gasteiger partial charge < -0.3 is 15.3 Å². The number of amides is 2. The summed E-state index contributed by atoms with van der Waals surface area (Å²) in [6.45, 7) is 9.99. The highest BCUT2D eigenvalue weighted by Gasteiger charge is 2.59. The molecule has 28 heavy (non-hydrogen) atoms. The Morgan fingerprint density at radius 3 is 2.71 bits per heavy atom. The number of fused-ring (bicyclic) bond motifs is 1. The molecule has 1 aromatic heterocycles. The summed E-state index contributed by atoms with van der Waals surface area (Å²) in [6.07, 6.45) is 4.19. The van der Waals surface area contributed by atoms with Crippen molar-refractivity contribution >= 4 is 11.8 Å². The Morgan fingerprint density at radius 2 is 2.11 bits per heavy atom. The van der Waals surface area contributed by atoms with Crippen LogP contribution in [0.25, 0.3) is 0 Å². The molecule has 1 aromatic rings. The zero-order valence-corrected chi connectivity index (χ0v) is 17.7. The molecule has 4 atom stereocenters. The number of hydrogen-bond acceptors (Lipinski definition) is 4. The highest BCUT2D eigenvalue weighted by molar-refractivity contribution is 5.93. The zero-order valence-electron chi connectivity index (χ0n) is 17.7. The number of aliphatic hydroxyl groups is 1. The third-order valence-electron chi connectivity index (χ3n) is 7.01. The van der Waals surface area contributed by atoms with Gasteiger partial charge in [-0.25, -0.2) is 0 Å². The lowest BCUT2D eigenvalue weighted by atomic mass is 9.67. The fourth-order valence-corrected chi connectivity index (χ4v) is 5.03. The Bertz CT molecular complexity index is 742. The third kappa shape index (κ3) is 3.56. The second-order valence-electron chi connectivity index (χ2n) is 9.32. The Labute approximate surface area is 167 Å². The number of rotatable bonds is 4. The molecule has 1 saturated carbocycles. The van der Waals surface area contributed by atoms with Gasteiger partial charge in [0.25, 0.3) is 5.91 Å². The van der Waals surface area contributed by atoms with Crippen LogP contribution in [0.1, 0.15) is 88.8 Å². The number of likely N-dealkylation sites (tertiary alicyclic amines) is 1. The van der Waals surface area contributed by atoms with Crippen molar-refractivity contribution in [2.24, 2.45) is 5.41 Å². The number of hydrogen-bond donors (Lipinski definition) is 3. The number of carbonyl (C=O) groups excluding carboxylic acids is 2. The van der Waals surface area contributed by atoms with Crippen molar-refractivity contribution in [2.75, 3.05) is 6.54 Å². The smallest absolute Gasteiger partial charge is 0.274 e. The summed E-state index contributed by atoms with van der Waals surface area (Å²) in [6, 6.07) is 1.60. The first-order valence-electron chi connectivity index (χ1n) is 10.4. The Morgan fingerprint density at radius 1 is 1.39 bits per heavy atom. The Balaban J connectivity index is 1.97. The molecule has 0 aromatic carbocycles. The van der Waals surface area contributed by atoms with Crippen LogP contribution in [0.3, 0.4) is 0 Å². The molecule has 2 amide bonds. The van der Waals surface area contributed by atoms with Crippen LogP contribution in [0, 0.1) is 5.41 Å². The second-order valence-corrected chi connectivity index (χ2v) is 9.32. The van der Waals surface area contributed by atoms with Crippen molar-refractivity contribution in [3.8, 4) is 0 Å². The summed E-state index contributed by atoms with van der Waals surface area (Å²) in [5.74, 6) is 0.0230. The van der Waals surface area contributed by atoms with Gasteiger partial charge in [-0.15, -0.1) is 0 Å². The SMILES string of the molecule is CC(=O)NC[C@H]1C[C@]2(C)[C@@H](CCCC[C@]2(C)O)N1C(=O)c1cc(C(C)C)[nH]n1. The van der Waals surface area contributed by atoms with Crippen LogP contribution in [-0.2, 0) is 4.79 Å². The van der Waals surface area contributed by atoms with Crippen molar-refractivity contribution in [3.05, 3.63) is 17.5 Å². The molecule has 2 fully saturated rings. The largest absolute Gasteiger partial charge is 0.390 e. The van der Waals surface area contributed by atoms with E-state index in [1.165, 1.54) is 6.92 Å². The standard InChI is InChI=1S/C21H34N4O3/c1-13(2)16-10-17(24-23-16)19(27)25-15(12-22-14(3)26)11-20(4)18(25)8-6-7-9-21(20,5)28/h10,13,15,18,28H,6-9,11-12H2,1-5H3,(H,22,26)(H,23,24)/t15-,18-,20-,21+/m1/s1. The fraction of sp³-hybridized carbons (Fsp3) is 0.762. The quantitative estimate of drug-likeness (QED) is 0.736. The Kier molecular flexibility index (Phi) is 5.58. The zero-order chi connectivity index (χ0) is 20.7. The Hall–Kier alpha value is -1.89. The molecule has 1 aliphatic carbocycles. The first kappa shape index (κ1) is 20.8. The lowest BCUT2D eigenvalue weighted by Crippen LogP contribution is -2.52. The van der Waals surface area contributed by atoms with E-state index in [4.69, 9.17) is 0 Å². The molecule has 156 valence electrons. The van der Waals surface area contributed by atoms with Gasteiger partial charge in [0.05, 0.1) is 11.6 Å². The van der Waals surface area contributed by atoms with E-state index in [0.717, 1.165) is 31.4 Å². The lowest BCUT2D eigenvalue weighted by molar-refractivity contribution is -0.119. The van der Waals surface area contributed by atoms with Gasteiger partial charge in [-0.1, -0.05) is 33.6 Å². The van der Waals surface area contributed by atoms with Crippen molar-refractivity contribution in [2.45, 2.75) is 90.3 Å². The van der Waals surface area contributed by atoms with Crippen LogP contribution < -0.4 is 5.32 Å². The summed E-state index contributed by atoms with van der Waals surface area (Å²) in [7, 11) is 0. The molecule has 0 spiro atoms. The molecule has 7 heteroatoms. The average Bonchev–Trinajstić information content (AvgIpc) is 3.18. The van der Waals surface area contributed by atoms with Gasteiger partial charge in [-0.05, 0) is 38.2 Å². The number of H-pyrrole nitrogens is 1. The van der Waals surface area contributed by atoms with E-state index in [1.807, 2.05) is 17.9 Å². The minimum absolute atomic E-state index is 0.0736. The molecule has 0 bridgehead atoms. The van der Waals surface area contributed by atoms with E-state index in [-0.39, 0.29) is 29.8 Å². The van der Waals surface area contributed by atoms with Crippen molar-refractivity contribution in [1.82, 2.24) is 20.4 Å². The van der Waals surface area contributed by atoms with Crippen LogP contribution in [0.15, 0.2) is 6.07 Å². The van der Waals surface area contributed by atoms with Gasteiger partial charge >= 0.3 is 0 Å². The molecule has 2 aliphatic rings. The normalized spacial score (nSPS) is 32.9. The number of aromatic amines is 1. The second kappa shape index (κ2) is 7.50. The van der Waals surface area contributed by atoms with E-state index >= 15 is 0 Å². The van der Waals surface area contributed by atoms with Gasteiger partial charge in [-0.2, -0.15) is 5.10 Å². The van der Waals surface area contributed by atoms with Crippen LogP contribution in [0.4, 0.5) is 0 Å². The third-order valence-corrected chi connectivity index (χ3v) is 7.01.